The lowest BCUT2D eigenvalue weighted by molar-refractivity contribution is -0.133. The molecule has 1 saturated carbocycles. The first kappa shape index (κ1) is 17.5. The van der Waals surface area contributed by atoms with Crippen molar-refractivity contribution in [2.45, 2.75) is 24.8 Å². The molecule has 0 radical (unpaired) electrons. The maximum Gasteiger partial charge on any atom is 0.227 e. The summed E-state index contributed by atoms with van der Waals surface area (Å²) >= 11 is 0. The van der Waals surface area contributed by atoms with Gasteiger partial charge in [-0.3, -0.25) is 4.79 Å². The normalized spacial score (nSPS) is 22.1. The first-order valence-corrected chi connectivity index (χ1v) is 9.60. The Balaban J connectivity index is 1.61. The van der Waals surface area contributed by atoms with Gasteiger partial charge in [0.1, 0.15) is 0 Å². The molecule has 0 aliphatic heterocycles. The zero-order valence-electron chi connectivity index (χ0n) is 15.8. The number of hydrogen-bond donors (Lipinski definition) is 0. The summed E-state index contributed by atoms with van der Waals surface area (Å²) in [7, 11) is 1.93. The summed E-state index contributed by atoms with van der Waals surface area (Å²) in [6.07, 6.45) is 0. The number of hydrogen-bond acceptors (Lipinski definition) is 1. The van der Waals surface area contributed by atoms with Crippen molar-refractivity contribution in [1.29, 1.82) is 0 Å². The Bertz CT molecular complexity index is 846. The third-order valence-electron chi connectivity index (χ3n) is 5.88. The second-order valence-corrected chi connectivity index (χ2v) is 7.43. The van der Waals surface area contributed by atoms with Gasteiger partial charge in [0, 0.05) is 18.9 Å². The van der Waals surface area contributed by atoms with Gasteiger partial charge >= 0.3 is 0 Å². The average Bonchev–Trinajstić information content (AvgIpc) is 3.50. The van der Waals surface area contributed by atoms with Crippen LogP contribution in [0.15, 0.2) is 91.0 Å². The molecule has 0 spiro atoms. The number of benzene rings is 3. The molecular formula is C25H25NO. The van der Waals surface area contributed by atoms with E-state index >= 15 is 0 Å². The summed E-state index contributed by atoms with van der Waals surface area (Å²) in [5.41, 5.74) is 3.68. The van der Waals surface area contributed by atoms with E-state index in [-0.39, 0.29) is 29.7 Å². The molecule has 27 heavy (non-hydrogen) atoms. The van der Waals surface area contributed by atoms with Gasteiger partial charge in [0.05, 0.1) is 12.0 Å². The molecule has 2 heteroatoms. The maximum atomic E-state index is 13.4. The molecule has 0 bridgehead atoms. The van der Waals surface area contributed by atoms with Gasteiger partial charge in [0.25, 0.3) is 0 Å². The van der Waals surface area contributed by atoms with Gasteiger partial charge in [-0.2, -0.15) is 0 Å². The second-order valence-electron chi connectivity index (χ2n) is 7.43. The van der Waals surface area contributed by atoms with E-state index in [1.54, 1.807) is 0 Å². The Morgan fingerprint density at radius 1 is 0.741 bits per heavy atom. The molecule has 1 aliphatic rings. The summed E-state index contributed by atoms with van der Waals surface area (Å²) in [4.78, 5) is 15.3. The Morgan fingerprint density at radius 2 is 1.15 bits per heavy atom. The topological polar surface area (TPSA) is 20.3 Å². The van der Waals surface area contributed by atoms with Gasteiger partial charge in [-0.25, -0.2) is 0 Å². The number of carbonyl (C=O) groups excluding carboxylic acids is 1. The highest BCUT2D eigenvalue weighted by molar-refractivity contribution is 5.85. The summed E-state index contributed by atoms with van der Waals surface area (Å²) in [5.74, 6) is 0.748. The lowest BCUT2D eigenvalue weighted by atomic mass is 10.0. The van der Waals surface area contributed by atoms with Crippen molar-refractivity contribution in [3.05, 3.63) is 108 Å². The van der Waals surface area contributed by atoms with Crippen LogP contribution in [0, 0.1) is 5.92 Å². The summed E-state index contributed by atoms with van der Waals surface area (Å²) in [6, 6.07) is 31.2. The molecule has 0 aromatic heterocycles. The van der Waals surface area contributed by atoms with E-state index in [0.717, 1.165) is 0 Å². The summed E-state index contributed by atoms with van der Waals surface area (Å²) < 4.78 is 0. The van der Waals surface area contributed by atoms with Gasteiger partial charge < -0.3 is 4.90 Å². The minimum Gasteiger partial charge on any atom is -0.339 e. The van der Waals surface area contributed by atoms with E-state index in [1.165, 1.54) is 16.7 Å². The fourth-order valence-electron chi connectivity index (χ4n) is 4.18. The van der Waals surface area contributed by atoms with Crippen molar-refractivity contribution in [3.63, 3.8) is 0 Å². The lowest BCUT2D eigenvalue weighted by Crippen LogP contribution is -2.31. The number of rotatable bonds is 5. The monoisotopic (exact) mass is 355 g/mol. The van der Waals surface area contributed by atoms with E-state index in [0.29, 0.717) is 0 Å². The van der Waals surface area contributed by atoms with Gasteiger partial charge in [-0.05, 0) is 23.6 Å². The molecule has 1 unspecified atom stereocenters. The van der Waals surface area contributed by atoms with Crippen LogP contribution in [0.25, 0.3) is 0 Å². The molecule has 136 valence electrons. The Morgan fingerprint density at radius 3 is 1.59 bits per heavy atom. The summed E-state index contributed by atoms with van der Waals surface area (Å²) in [5, 5.41) is 0. The Labute approximate surface area is 161 Å². The predicted molar refractivity (Wildman–Crippen MR) is 109 cm³/mol. The highest BCUT2D eigenvalue weighted by Crippen LogP contribution is 2.61. The van der Waals surface area contributed by atoms with Crippen molar-refractivity contribution in [2.75, 3.05) is 7.05 Å². The standard InChI is InChI=1S/C25H25NO/c1-18(19-12-6-3-7-13-19)26(2)25(27)24-22(20-14-8-4-9-15-20)23(24)21-16-10-5-11-17-21/h3-18,22-24H,1-2H3/t18-,22-,23+,24?/m0/s1. The number of nitrogens with zero attached hydrogens (tertiary/aromatic N) is 1. The molecule has 0 N–H and O–H groups in total. The molecule has 0 saturated heterocycles. The van der Waals surface area contributed by atoms with E-state index in [2.05, 4.69) is 67.6 Å². The molecule has 4 atom stereocenters. The zero-order chi connectivity index (χ0) is 18.8. The van der Waals surface area contributed by atoms with Crippen molar-refractivity contribution >= 4 is 5.91 Å². The van der Waals surface area contributed by atoms with E-state index < -0.39 is 0 Å². The fourth-order valence-corrected chi connectivity index (χ4v) is 4.18. The van der Waals surface area contributed by atoms with Crippen LogP contribution in [0.1, 0.15) is 41.5 Å². The average molecular weight is 355 g/mol. The molecule has 4 rings (SSSR count). The highest BCUT2D eigenvalue weighted by Gasteiger charge is 2.56. The molecule has 1 fully saturated rings. The van der Waals surface area contributed by atoms with Crippen LogP contribution >= 0.6 is 0 Å². The third-order valence-corrected chi connectivity index (χ3v) is 5.88. The van der Waals surface area contributed by atoms with Crippen LogP contribution in [-0.2, 0) is 4.79 Å². The molecule has 0 heterocycles. The molecular weight excluding hydrogens is 330 g/mol. The fraction of sp³-hybridized carbons (Fsp3) is 0.240. The summed E-state index contributed by atoms with van der Waals surface area (Å²) in [6.45, 7) is 2.10. The minimum absolute atomic E-state index is 0.00552. The molecule has 3 aromatic carbocycles. The van der Waals surface area contributed by atoms with E-state index in [4.69, 9.17) is 0 Å². The van der Waals surface area contributed by atoms with Crippen LogP contribution in [0.3, 0.4) is 0 Å². The maximum absolute atomic E-state index is 13.4. The van der Waals surface area contributed by atoms with Gasteiger partial charge in [-0.15, -0.1) is 0 Å². The largest absolute Gasteiger partial charge is 0.339 e. The third kappa shape index (κ3) is 3.40. The molecule has 2 nitrogen and oxygen atoms in total. The first-order chi connectivity index (χ1) is 13.2. The van der Waals surface area contributed by atoms with E-state index in [1.807, 2.05) is 42.3 Å². The second kappa shape index (κ2) is 7.40. The lowest BCUT2D eigenvalue weighted by Gasteiger charge is -2.26. The van der Waals surface area contributed by atoms with Crippen LogP contribution in [0.4, 0.5) is 0 Å². The van der Waals surface area contributed by atoms with Crippen molar-refractivity contribution in [3.8, 4) is 0 Å². The van der Waals surface area contributed by atoms with Crippen molar-refractivity contribution in [2.24, 2.45) is 5.92 Å². The van der Waals surface area contributed by atoms with Gasteiger partial charge in [0.15, 0.2) is 0 Å². The van der Waals surface area contributed by atoms with E-state index in [9.17, 15) is 4.79 Å². The molecule has 1 amide bonds. The quantitative estimate of drug-likeness (QED) is 0.600. The minimum atomic E-state index is 0.00552. The van der Waals surface area contributed by atoms with Crippen LogP contribution < -0.4 is 0 Å². The van der Waals surface area contributed by atoms with Crippen molar-refractivity contribution in [1.82, 2.24) is 4.90 Å². The Kier molecular flexibility index (Phi) is 4.81. The molecule has 1 aliphatic carbocycles. The van der Waals surface area contributed by atoms with Crippen LogP contribution in [0.2, 0.25) is 0 Å². The van der Waals surface area contributed by atoms with Gasteiger partial charge in [0.2, 0.25) is 5.91 Å². The van der Waals surface area contributed by atoms with Crippen LogP contribution in [0.5, 0.6) is 0 Å². The van der Waals surface area contributed by atoms with Crippen molar-refractivity contribution < 1.29 is 4.79 Å². The zero-order valence-corrected chi connectivity index (χ0v) is 15.8. The predicted octanol–water partition coefficient (Wildman–Crippen LogP) is 5.40. The first-order valence-electron chi connectivity index (χ1n) is 9.60. The smallest absolute Gasteiger partial charge is 0.227 e. The highest BCUT2D eigenvalue weighted by atomic mass is 16.2. The van der Waals surface area contributed by atoms with Gasteiger partial charge in [-0.1, -0.05) is 91.0 Å². The SMILES string of the molecule is C[C@@H](c1ccccc1)N(C)C(=O)C1[C@@H](c2ccccc2)[C@H]1c1ccccc1. The molecule has 3 aromatic rings. The number of amides is 1. The van der Waals surface area contributed by atoms with Crippen LogP contribution in [-0.4, -0.2) is 17.9 Å². The number of carbonyl (C=O) groups is 1. The Hall–Kier alpha value is -2.87.